The van der Waals surface area contributed by atoms with Gasteiger partial charge in [0.15, 0.2) is 29.0 Å². The molecule has 1 aliphatic rings. The number of fused-ring (bicyclic) bond motifs is 2. The van der Waals surface area contributed by atoms with Gasteiger partial charge in [0, 0.05) is 23.1 Å². The average Bonchev–Trinajstić information content (AvgIpc) is 3.24. The number of hydrogen-bond donors (Lipinski definition) is 0. The van der Waals surface area contributed by atoms with E-state index in [-0.39, 0.29) is 24.1 Å². The lowest BCUT2D eigenvalue weighted by molar-refractivity contribution is 0.0777. The van der Waals surface area contributed by atoms with Gasteiger partial charge in [-0.3, -0.25) is 9.20 Å². The topological polar surface area (TPSA) is 79.8 Å². The van der Waals surface area contributed by atoms with Crippen molar-refractivity contribution in [2.75, 3.05) is 6.61 Å². The maximum atomic E-state index is 13.0. The lowest BCUT2D eigenvalue weighted by Crippen LogP contribution is -2.33. The van der Waals surface area contributed by atoms with Gasteiger partial charge in [0.05, 0.1) is 6.54 Å². The number of Topliss-reactive ketones (excluding diaryl/α,β-unsaturated/α-hetero) is 1. The van der Waals surface area contributed by atoms with Crippen molar-refractivity contribution >= 4 is 11.4 Å². The minimum absolute atomic E-state index is 0.110. The number of carbonyl (C=O) groups excluding carboxylic acids is 1. The third kappa shape index (κ3) is 3.39. The molecule has 0 fully saturated rings. The monoisotopic (exact) mass is 418 g/mol. The number of para-hydroxylation sites is 2. The number of pyridine rings is 1. The van der Waals surface area contributed by atoms with E-state index >= 15 is 0 Å². The number of carbonyl (C=O) groups is 1. The quantitative estimate of drug-likeness (QED) is 0.466. The molecule has 0 saturated carbocycles. The lowest BCUT2D eigenvalue weighted by atomic mass is 10.1. The van der Waals surface area contributed by atoms with E-state index < -0.39 is 0 Å². The fourth-order valence-electron chi connectivity index (χ4n) is 4.01. The summed E-state index contributed by atoms with van der Waals surface area (Å²) in [6, 6.07) is 14.7. The Kier molecular flexibility index (Phi) is 4.62. The summed E-state index contributed by atoms with van der Waals surface area (Å²) in [5, 5.41) is 4.25. The van der Waals surface area contributed by atoms with Crippen LogP contribution in [0.15, 0.2) is 59.5 Å². The number of aromatic nitrogens is 4. The first-order valence-corrected chi connectivity index (χ1v) is 10.1. The van der Waals surface area contributed by atoms with E-state index in [2.05, 4.69) is 9.67 Å². The summed E-state index contributed by atoms with van der Waals surface area (Å²) < 4.78 is 16.6. The van der Waals surface area contributed by atoms with Crippen LogP contribution >= 0.6 is 0 Å². The third-order valence-corrected chi connectivity index (χ3v) is 5.61. The van der Waals surface area contributed by atoms with E-state index in [0.29, 0.717) is 24.4 Å². The fraction of sp³-hybridized carbons (Fsp3) is 0.261. The van der Waals surface area contributed by atoms with Crippen molar-refractivity contribution in [2.45, 2.75) is 33.0 Å². The SMILES string of the molecule is Cc1cc(C(=O)Cn2nc3ccccn3c2=O)c(C)n1CC1COc2ccccc2O1. The molecular weight excluding hydrogens is 396 g/mol. The molecule has 0 N–H and O–H groups in total. The smallest absolute Gasteiger partial charge is 0.350 e. The maximum absolute atomic E-state index is 13.0. The largest absolute Gasteiger partial charge is 0.486 e. The predicted octanol–water partition coefficient (Wildman–Crippen LogP) is 2.64. The molecule has 1 unspecified atom stereocenters. The molecule has 0 saturated heterocycles. The summed E-state index contributed by atoms with van der Waals surface area (Å²) >= 11 is 0. The molecule has 0 spiro atoms. The molecule has 8 heteroatoms. The second-order valence-corrected chi connectivity index (χ2v) is 7.69. The Morgan fingerprint density at radius 3 is 2.71 bits per heavy atom. The Labute approximate surface area is 178 Å². The predicted molar refractivity (Wildman–Crippen MR) is 114 cm³/mol. The zero-order chi connectivity index (χ0) is 21.5. The van der Waals surface area contributed by atoms with Gasteiger partial charge in [-0.2, -0.15) is 0 Å². The summed E-state index contributed by atoms with van der Waals surface area (Å²) in [6.45, 7) is 4.76. The number of hydrogen-bond acceptors (Lipinski definition) is 5. The normalized spacial score (nSPS) is 15.4. The molecule has 4 aromatic rings. The average molecular weight is 418 g/mol. The molecule has 5 rings (SSSR count). The van der Waals surface area contributed by atoms with Crippen molar-refractivity contribution in [1.82, 2.24) is 18.7 Å². The summed E-state index contributed by atoms with van der Waals surface area (Å²) in [5.74, 6) is 1.31. The maximum Gasteiger partial charge on any atom is 0.350 e. The lowest BCUT2D eigenvalue weighted by Gasteiger charge is -2.27. The van der Waals surface area contributed by atoms with Gasteiger partial charge in [-0.25, -0.2) is 9.48 Å². The zero-order valence-corrected chi connectivity index (χ0v) is 17.3. The van der Waals surface area contributed by atoms with Gasteiger partial charge in [-0.15, -0.1) is 5.10 Å². The molecule has 8 nitrogen and oxygen atoms in total. The molecule has 31 heavy (non-hydrogen) atoms. The van der Waals surface area contributed by atoms with Gasteiger partial charge in [-0.05, 0) is 44.2 Å². The highest BCUT2D eigenvalue weighted by molar-refractivity contribution is 5.97. The number of aryl methyl sites for hydroxylation is 1. The highest BCUT2D eigenvalue weighted by atomic mass is 16.6. The van der Waals surface area contributed by atoms with Crippen molar-refractivity contribution < 1.29 is 14.3 Å². The van der Waals surface area contributed by atoms with Gasteiger partial charge in [-0.1, -0.05) is 18.2 Å². The second-order valence-electron chi connectivity index (χ2n) is 7.69. The van der Waals surface area contributed by atoms with Crippen LogP contribution in [0.5, 0.6) is 11.5 Å². The Bertz CT molecular complexity index is 1350. The molecule has 0 aliphatic carbocycles. The Morgan fingerprint density at radius 2 is 1.90 bits per heavy atom. The van der Waals surface area contributed by atoms with Gasteiger partial charge in [0.2, 0.25) is 0 Å². The van der Waals surface area contributed by atoms with Crippen molar-refractivity contribution in [3.8, 4) is 11.5 Å². The molecule has 1 atom stereocenters. The Hall–Kier alpha value is -3.81. The summed E-state index contributed by atoms with van der Waals surface area (Å²) in [7, 11) is 0. The standard InChI is InChI=1S/C23H22N4O4/c1-15-11-18(19(28)13-27-23(29)25-10-6-5-9-22(25)24-27)16(2)26(15)12-17-14-30-20-7-3-4-8-21(20)31-17/h3-11,17H,12-14H2,1-2H3. The molecule has 158 valence electrons. The van der Waals surface area contributed by atoms with Crippen molar-refractivity contribution in [3.63, 3.8) is 0 Å². The van der Waals surface area contributed by atoms with Crippen LogP contribution in [0.1, 0.15) is 21.7 Å². The Balaban J connectivity index is 1.36. The van der Waals surface area contributed by atoms with E-state index in [0.717, 1.165) is 22.9 Å². The second kappa shape index (κ2) is 7.46. The third-order valence-electron chi connectivity index (χ3n) is 5.61. The molecular formula is C23H22N4O4. The first kappa shape index (κ1) is 19.2. The minimum atomic E-state index is -0.329. The highest BCUT2D eigenvalue weighted by Gasteiger charge is 2.24. The highest BCUT2D eigenvalue weighted by Crippen LogP contribution is 2.31. The number of nitrogens with zero attached hydrogens (tertiary/aromatic N) is 4. The fourth-order valence-corrected chi connectivity index (χ4v) is 4.01. The number of rotatable bonds is 5. The van der Waals surface area contributed by atoms with Gasteiger partial charge >= 0.3 is 5.69 Å². The van der Waals surface area contributed by atoms with Crippen molar-refractivity contribution in [1.29, 1.82) is 0 Å². The minimum Gasteiger partial charge on any atom is -0.486 e. The molecule has 3 aromatic heterocycles. The van der Waals surface area contributed by atoms with Crippen LogP contribution in [0.2, 0.25) is 0 Å². The zero-order valence-electron chi connectivity index (χ0n) is 17.3. The molecule has 0 radical (unpaired) electrons. The molecule has 0 amide bonds. The Morgan fingerprint density at radius 1 is 1.13 bits per heavy atom. The van der Waals surface area contributed by atoms with E-state index in [1.807, 2.05) is 44.2 Å². The van der Waals surface area contributed by atoms with E-state index in [1.54, 1.807) is 24.4 Å². The molecule has 1 aliphatic heterocycles. The first-order valence-electron chi connectivity index (χ1n) is 10.1. The van der Waals surface area contributed by atoms with Crippen LogP contribution in [0.3, 0.4) is 0 Å². The summed E-state index contributed by atoms with van der Waals surface area (Å²) in [6.07, 6.45) is 1.48. The summed E-state index contributed by atoms with van der Waals surface area (Å²) in [5.41, 5.74) is 2.55. The van der Waals surface area contributed by atoms with E-state index in [4.69, 9.17) is 9.47 Å². The number of benzene rings is 1. The van der Waals surface area contributed by atoms with Crippen molar-refractivity contribution in [2.24, 2.45) is 0 Å². The first-order chi connectivity index (χ1) is 15.0. The molecule has 0 bridgehead atoms. The van der Waals surface area contributed by atoms with Crippen LogP contribution in [0, 0.1) is 13.8 Å². The van der Waals surface area contributed by atoms with Gasteiger partial charge in [0.1, 0.15) is 13.2 Å². The van der Waals surface area contributed by atoms with E-state index in [1.165, 1.54) is 9.08 Å². The van der Waals surface area contributed by atoms with Crippen LogP contribution in [0.25, 0.3) is 5.65 Å². The van der Waals surface area contributed by atoms with Crippen molar-refractivity contribution in [3.05, 3.63) is 82.2 Å². The van der Waals surface area contributed by atoms with Gasteiger partial charge in [0.25, 0.3) is 0 Å². The summed E-state index contributed by atoms with van der Waals surface area (Å²) in [4.78, 5) is 25.5. The van der Waals surface area contributed by atoms with Crippen LogP contribution in [-0.4, -0.2) is 37.2 Å². The van der Waals surface area contributed by atoms with Crippen LogP contribution < -0.4 is 15.2 Å². The molecule has 1 aromatic carbocycles. The van der Waals surface area contributed by atoms with Crippen LogP contribution in [0.4, 0.5) is 0 Å². The van der Waals surface area contributed by atoms with Crippen LogP contribution in [-0.2, 0) is 13.1 Å². The van der Waals surface area contributed by atoms with Gasteiger partial charge < -0.3 is 14.0 Å². The van der Waals surface area contributed by atoms with E-state index in [9.17, 15) is 9.59 Å². The number of ether oxygens (including phenoxy) is 2. The number of ketones is 1. The molecule has 4 heterocycles.